The van der Waals surface area contributed by atoms with E-state index < -0.39 is 2.53 Å². The van der Waals surface area contributed by atoms with Gasteiger partial charge in [0.05, 0.1) is 0 Å². The van der Waals surface area contributed by atoms with Gasteiger partial charge in [0.25, 0.3) is 0 Å². The maximum absolute atomic E-state index is 2.52. The van der Waals surface area contributed by atoms with E-state index in [0.717, 1.165) is 0 Å². The molecule has 0 aromatic carbocycles. The predicted molar refractivity (Wildman–Crippen MR) is 62.8 cm³/mol. The second-order valence-electron chi connectivity index (χ2n) is 0.324. The van der Waals surface area contributed by atoms with E-state index in [4.69, 9.17) is 0 Å². The second-order valence-corrected chi connectivity index (χ2v) is 97.8. The van der Waals surface area contributed by atoms with Gasteiger partial charge >= 0.3 is 77.0 Å². The van der Waals surface area contributed by atoms with Crippen molar-refractivity contribution >= 4 is 74.5 Å². The van der Waals surface area contributed by atoms with Crippen LogP contribution in [0, 0.1) is 0 Å². The molecule has 0 heterocycles. The Morgan fingerprint density at radius 1 is 0.833 bits per heavy atom. The van der Waals surface area contributed by atoms with Gasteiger partial charge in [-0.15, -0.1) is 0 Å². The monoisotopic (exact) mass is 651 g/mol. The summed E-state index contributed by atoms with van der Waals surface area (Å²) in [5, 5.41) is 0. The topological polar surface area (TPSA) is 0 Å². The predicted octanol–water partition coefficient (Wildman–Crippen LogP) is 1.18. The van der Waals surface area contributed by atoms with Gasteiger partial charge in [0.1, 0.15) is 0 Å². The molecule has 0 amide bonds. The first-order chi connectivity index (χ1) is 2.00. The van der Waals surface area contributed by atoms with E-state index in [1.165, 1.54) is 0 Å². The van der Waals surface area contributed by atoms with Gasteiger partial charge in [-0.3, -0.25) is 0 Å². The average molecular weight is 651 g/mol. The Hall–Kier alpha value is 3.65. The third kappa shape index (κ3) is 25.4. The van der Waals surface area contributed by atoms with Gasteiger partial charge in [-0.1, -0.05) is 7.43 Å². The minimum atomic E-state index is -1.06. The summed E-state index contributed by atoms with van der Waals surface area (Å²) in [5.41, 5.74) is 0. The molecule has 0 aliphatic heterocycles. The van der Waals surface area contributed by atoms with Crippen LogP contribution in [0.3, 0.4) is 0 Å². The van der Waals surface area contributed by atoms with E-state index in [1.54, 1.807) is 0 Å². The normalized spacial score (nSPS) is 12.7. The van der Waals surface area contributed by atoms with Gasteiger partial charge in [-0.05, 0) is 0 Å². The molecule has 0 aromatic heterocycles. The van der Waals surface area contributed by atoms with Crippen molar-refractivity contribution in [1.82, 2.24) is 0 Å². The van der Waals surface area contributed by atoms with Crippen LogP contribution in [0.25, 0.3) is 0 Å². The Balaban J connectivity index is 0. The summed E-state index contributed by atoms with van der Waals surface area (Å²) in [6.07, 6.45) is 0. The first-order valence-electron chi connectivity index (χ1n) is 0.571. The van der Waals surface area contributed by atoms with Crippen LogP contribution in [0.4, 0.5) is 0 Å². The molecule has 0 saturated heterocycles. The number of rotatable bonds is 0. The molecule has 6 heavy (non-hydrogen) atoms. The molecule has 44 valence electrons. The van der Waals surface area contributed by atoms with Crippen LogP contribution in [-0.4, -0.2) is 0 Å². The van der Waals surface area contributed by atoms with Gasteiger partial charge in [0.15, 0.2) is 0 Å². The van der Waals surface area contributed by atoms with Crippen molar-refractivity contribution in [3.8, 4) is 0 Å². The van der Waals surface area contributed by atoms with Crippen molar-refractivity contribution in [3.63, 3.8) is 0 Å². The van der Waals surface area contributed by atoms with E-state index in [2.05, 4.69) is 74.5 Å². The second kappa shape index (κ2) is 5.44. The van der Waals surface area contributed by atoms with Crippen LogP contribution in [0.1, 0.15) is 7.43 Å². The summed E-state index contributed by atoms with van der Waals surface area (Å²) in [4.78, 5) is 0. The zero-order valence-corrected chi connectivity index (χ0v) is 12.7. The first-order valence-corrected chi connectivity index (χ1v) is 25.7. The van der Waals surface area contributed by atoms with E-state index in [1.807, 2.05) is 0 Å². The van der Waals surface area contributed by atoms with Gasteiger partial charge in [0, 0.05) is 0 Å². The van der Waals surface area contributed by atoms with Crippen LogP contribution in [-0.2, 0) is 0 Å². The van der Waals surface area contributed by atoms with E-state index in [-0.39, 0.29) is 7.43 Å². The fraction of sp³-hybridized carbons (Fsp3) is 1.00. The zero-order chi connectivity index (χ0) is 4.50. The number of halogens is 5. The molecule has 0 unspecified atom stereocenters. The molecular weight excluding hydrogens is 647 g/mol. The van der Waals surface area contributed by atoms with Crippen molar-refractivity contribution in [1.29, 1.82) is 0 Å². The Morgan fingerprint density at radius 3 is 0.833 bits per heavy atom. The molecule has 0 fully saturated rings. The van der Waals surface area contributed by atoms with E-state index in [0.29, 0.717) is 0 Å². The molecular formula is CH4I5-. The molecule has 0 bridgehead atoms. The first kappa shape index (κ1) is 12.3. The van der Waals surface area contributed by atoms with Crippen molar-refractivity contribution in [2.75, 3.05) is 0 Å². The Labute approximate surface area is 81.6 Å². The van der Waals surface area contributed by atoms with Crippen molar-refractivity contribution in [2.24, 2.45) is 0 Å². The molecule has 5 heteroatoms. The summed E-state index contributed by atoms with van der Waals surface area (Å²) in [5.74, 6) is 0. The molecule has 0 rings (SSSR count). The SMILES string of the molecule is C.I[I-](I)(I)I. The average Bonchev–Trinajstić information content (AvgIpc) is 0.722. The summed E-state index contributed by atoms with van der Waals surface area (Å²) in [6.45, 7) is 0. The number of hydrogen-bond donors (Lipinski definition) is 0. The van der Waals surface area contributed by atoms with Crippen LogP contribution in [0.15, 0.2) is 0 Å². The number of hydrogen-bond acceptors (Lipinski definition) is 0. The van der Waals surface area contributed by atoms with Crippen molar-refractivity contribution < 1.29 is 2.53 Å². The fourth-order valence-corrected chi connectivity index (χ4v) is 0. The van der Waals surface area contributed by atoms with Crippen LogP contribution < -0.4 is 2.53 Å². The third-order valence-electron chi connectivity index (χ3n) is 0. The molecule has 0 aliphatic rings. The minimum absolute atomic E-state index is 0. The van der Waals surface area contributed by atoms with Gasteiger partial charge in [-0.2, -0.15) is 0 Å². The molecule has 0 N–H and O–H groups in total. The molecule has 0 radical (unpaired) electrons. The molecule has 0 atom stereocenters. The van der Waals surface area contributed by atoms with Gasteiger partial charge in [0.2, 0.25) is 0 Å². The van der Waals surface area contributed by atoms with Crippen LogP contribution in [0.5, 0.6) is 0 Å². The Morgan fingerprint density at radius 2 is 0.833 bits per heavy atom. The van der Waals surface area contributed by atoms with E-state index >= 15 is 0 Å². The Bertz CT molecular complexity index is 19.4. The summed E-state index contributed by atoms with van der Waals surface area (Å²) >= 11 is 10.1. The van der Waals surface area contributed by atoms with Crippen LogP contribution in [0.2, 0.25) is 0 Å². The third-order valence-corrected chi connectivity index (χ3v) is 0. The standard InChI is InChI=1S/CH4.I5/c;1-5(2,3)4/h1H4;/q;-1. The van der Waals surface area contributed by atoms with Crippen molar-refractivity contribution in [3.05, 3.63) is 0 Å². The quantitative estimate of drug-likeness (QED) is 0.346. The zero-order valence-electron chi connectivity index (χ0n) is 1.89. The molecule has 0 nitrogen and oxygen atoms in total. The Kier molecular flexibility index (Phi) is 11.2. The van der Waals surface area contributed by atoms with Gasteiger partial charge in [-0.25, -0.2) is 0 Å². The van der Waals surface area contributed by atoms with Gasteiger partial charge < -0.3 is 0 Å². The summed E-state index contributed by atoms with van der Waals surface area (Å²) < 4.78 is -1.06. The molecule has 0 spiro atoms. The maximum atomic E-state index is 2.52. The fourth-order valence-electron chi connectivity index (χ4n) is 0. The summed E-state index contributed by atoms with van der Waals surface area (Å²) in [6, 6.07) is 0. The van der Waals surface area contributed by atoms with Crippen molar-refractivity contribution in [2.45, 2.75) is 7.43 Å². The summed E-state index contributed by atoms with van der Waals surface area (Å²) in [7, 11) is 0. The van der Waals surface area contributed by atoms with Crippen LogP contribution >= 0.6 is 74.5 Å². The molecule has 0 aliphatic carbocycles. The molecule has 0 saturated carbocycles. The van der Waals surface area contributed by atoms with E-state index in [9.17, 15) is 0 Å². The molecule has 0 aromatic rings.